The van der Waals surface area contributed by atoms with Crippen molar-refractivity contribution in [3.63, 3.8) is 0 Å². The highest BCUT2D eigenvalue weighted by Crippen LogP contribution is 2.28. The van der Waals surface area contributed by atoms with Gasteiger partial charge in [-0.25, -0.2) is 0 Å². The van der Waals surface area contributed by atoms with E-state index >= 15 is 0 Å². The molecule has 1 N–H and O–H groups in total. The number of carbonyl (C=O) groups excluding carboxylic acids is 1. The second-order valence-electron chi connectivity index (χ2n) is 5.05. The van der Waals surface area contributed by atoms with Crippen LogP contribution >= 0.6 is 27.5 Å². The van der Waals surface area contributed by atoms with Crippen molar-refractivity contribution < 1.29 is 4.79 Å². The first-order valence-corrected chi connectivity index (χ1v) is 7.26. The molecule has 2 aliphatic heterocycles. The summed E-state index contributed by atoms with van der Waals surface area (Å²) in [6, 6.07) is 5.36. The minimum atomic E-state index is 0.0904. The molecule has 0 bridgehead atoms. The van der Waals surface area contributed by atoms with E-state index in [2.05, 4.69) is 21.2 Å². The number of benzene rings is 1. The van der Waals surface area contributed by atoms with E-state index in [1.807, 2.05) is 11.0 Å². The molecule has 0 aliphatic carbocycles. The summed E-state index contributed by atoms with van der Waals surface area (Å²) in [4.78, 5) is 14.4. The lowest BCUT2D eigenvalue weighted by Gasteiger charge is -2.17. The van der Waals surface area contributed by atoms with Crippen LogP contribution in [-0.4, -0.2) is 37.0 Å². The number of fused-ring (bicyclic) bond motifs is 1. The summed E-state index contributed by atoms with van der Waals surface area (Å²) in [7, 11) is 0. The SMILES string of the molecule is O=C(c1cc(Cl)cc(Br)c1)N1C[C@H]2CNC[C@H]2C1. The van der Waals surface area contributed by atoms with Crippen LogP contribution in [0.15, 0.2) is 22.7 Å². The Morgan fingerprint density at radius 1 is 1.28 bits per heavy atom. The van der Waals surface area contributed by atoms with E-state index in [0.717, 1.165) is 30.7 Å². The third-order valence-corrected chi connectivity index (χ3v) is 4.46. The molecule has 2 atom stereocenters. The predicted octanol–water partition coefficient (Wildman–Crippen LogP) is 2.39. The smallest absolute Gasteiger partial charge is 0.253 e. The van der Waals surface area contributed by atoms with Gasteiger partial charge < -0.3 is 10.2 Å². The molecule has 96 valence electrons. The van der Waals surface area contributed by atoms with Gasteiger partial charge in [-0.3, -0.25) is 4.79 Å². The first kappa shape index (κ1) is 12.5. The number of likely N-dealkylation sites (tertiary alicyclic amines) is 1. The van der Waals surface area contributed by atoms with Gasteiger partial charge in [0.15, 0.2) is 0 Å². The molecule has 0 unspecified atom stereocenters. The van der Waals surface area contributed by atoms with Gasteiger partial charge in [-0.05, 0) is 30.0 Å². The molecular weight excluding hydrogens is 316 g/mol. The van der Waals surface area contributed by atoms with Crippen molar-refractivity contribution in [1.29, 1.82) is 0 Å². The average molecular weight is 330 g/mol. The normalized spacial score (nSPS) is 26.4. The van der Waals surface area contributed by atoms with Crippen molar-refractivity contribution >= 4 is 33.4 Å². The van der Waals surface area contributed by atoms with Crippen molar-refractivity contribution in [3.05, 3.63) is 33.3 Å². The predicted molar refractivity (Wildman–Crippen MR) is 74.9 cm³/mol. The molecule has 0 aromatic heterocycles. The summed E-state index contributed by atoms with van der Waals surface area (Å²) < 4.78 is 0.847. The van der Waals surface area contributed by atoms with Gasteiger partial charge in [0.25, 0.3) is 5.91 Å². The molecule has 1 amide bonds. The Labute approximate surface area is 120 Å². The third kappa shape index (κ3) is 2.29. The summed E-state index contributed by atoms with van der Waals surface area (Å²) >= 11 is 9.36. The van der Waals surface area contributed by atoms with E-state index in [1.54, 1.807) is 12.1 Å². The van der Waals surface area contributed by atoms with Crippen LogP contribution in [0.2, 0.25) is 5.02 Å². The van der Waals surface area contributed by atoms with Gasteiger partial charge >= 0.3 is 0 Å². The fraction of sp³-hybridized carbons (Fsp3) is 0.462. The Morgan fingerprint density at radius 2 is 1.94 bits per heavy atom. The number of rotatable bonds is 1. The maximum Gasteiger partial charge on any atom is 0.253 e. The van der Waals surface area contributed by atoms with E-state index in [1.165, 1.54) is 0 Å². The minimum Gasteiger partial charge on any atom is -0.338 e. The highest BCUT2D eigenvalue weighted by molar-refractivity contribution is 9.10. The molecule has 0 saturated carbocycles. The quantitative estimate of drug-likeness (QED) is 0.858. The van der Waals surface area contributed by atoms with Crippen molar-refractivity contribution in [2.24, 2.45) is 11.8 Å². The Morgan fingerprint density at radius 3 is 2.56 bits per heavy atom. The first-order chi connectivity index (χ1) is 8.63. The number of amides is 1. The third-order valence-electron chi connectivity index (χ3n) is 3.79. The molecule has 2 fully saturated rings. The van der Waals surface area contributed by atoms with Crippen LogP contribution in [0.1, 0.15) is 10.4 Å². The van der Waals surface area contributed by atoms with Crippen LogP contribution in [-0.2, 0) is 0 Å². The van der Waals surface area contributed by atoms with Crippen molar-refractivity contribution in [3.8, 4) is 0 Å². The second-order valence-corrected chi connectivity index (χ2v) is 6.40. The van der Waals surface area contributed by atoms with E-state index in [9.17, 15) is 4.79 Å². The second kappa shape index (κ2) is 4.83. The zero-order valence-electron chi connectivity index (χ0n) is 9.83. The van der Waals surface area contributed by atoms with Crippen LogP contribution in [0.5, 0.6) is 0 Å². The summed E-state index contributed by atoms with van der Waals surface area (Å²) in [5, 5.41) is 3.97. The molecule has 1 aromatic carbocycles. The molecule has 0 spiro atoms. The molecule has 2 aliphatic rings. The van der Waals surface area contributed by atoms with E-state index in [0.29, 0.717) is 22.4 Å². The largest absolute Gasteiger partial charge is 0.338 e. The summed E-state index contributed by atoms with van der Waals surface area (Å²) in [6.45, 7) is 3.79. The van der Waals surface area contributed by atoms with Gasteiger partial charge in [-0.1, -0.05) is 27.5 Å². The number of hydrogen-bond acceptors (Lipinski definition) is 2. The monoisotopic (exact) mass is 328 g/mol. The Bertz CT molecular complexity index is 462. The summed E-state index contributed by atoms with van der Waals surface area (Å²) in [6.07, 6.45) is 0. The minimum absolute atomic E-state index is 0.0904. The summed E-state index contributed by atoms with van der Waals surface area (Å²) in [5.74, 6) is 1.33. The topological polar surface area (TPSA) is 32.3 Å². The molecule has 0 radical (unpaired) electrons. The molecule has 3 rings (SSSR count). The molecule has 1 aromatic rings. The standard InChI is InChI=1S/C13H14BrClN2O/c14-11-1-8(2-12(15)3-11)13(18)17-6-9-4-16-5-10(9)7-17/h1-3,9-10,16H,4-7H2/t9-,10+. The highest BCUT2D eigenvalue weighted by Gasteiger charge is 2.38. The first-order valence-electron chi connectivity index (χ1n) is 6.09. The van der Waals surface area contributed by atoms with E-state index in [4.69, 9.17) is 11.6 Å². The van der Waals surface area contributed by atoms with Crippen LogP contribution in [0.3, 0.4) is 0 Å². The van der Waals surface area contributed by atoms with Crippen molar-refractivity contribution in [2.45, 2.75) is 0 Å². The Hall–Kier alpha value is -0.580. The average Bonchev–Trinajstić information content (AvgIpc) is 2.86. The van der Waals surface area contributed by atoms with E-state index < -0.39 is 0 Å². The maximum atomic E-state index is 12.4. The lowest BCUT2D eigenvalue weighted by molar-refractivity contribution is 0.0781. The molecule has 2 heterocycles. The number of nitrogens with one attached hydrogen (secondary N) is 1. The fourth-order valence-corrected chi connectivity index (χ4v) is 3.74. The van der Waals surface area contributed by atoms with Crippen LogP contribution in [0.4, 0.5) is 0 Å². The van der Waals surface area contributed by atoms with Gasteiger partial charge in [0.1, 0.15) is 0 Å². The molecule has 5 heteroatoms. The van der Waals surface area contributed by atoms with Gasteiger partial charge in [0, 0.05) is 41.2 Å². The van der Waals surface area contributed by atoms with Crippen LogP contribution in [0, 0.1) is 11.8 Å². The number of hydrogen-bond donors (Lipinski definition) is 1. The van der Waals surface area contributed by atoms with Crippen molar-refractivity contribution in [1.82, 2.24) is 10.2 Å². The molecule has 18 heavy (non-hydrogen) atoms. The lowest BCUT2D eigenvalue weighted by Crippen LogP contribution is -2.31. The number of nitrogens with zero attached hydrogens (tertiary/aromatic N) is 1. The van der Waals surface area contributed by atoms with Gasteiger partial charge in [-0.15, -0.1) is 0 Å². The molecular formula is C13H14BrClN2O. The van der Waals surface area contributed by atoms with E-state index in [-0.39, 0.29) is 5.91 Å². The molecule has 2 saturated heterocycles. The Kier molecular flexibility index (Phi) is 3.34. The lowest BCUT2D eigenvalue weighted by atomic mass is 10.0. The van der Waals surface area contributed by atoms with Gasteiger partial charge in [0.2, 0.25) is 0 Å². The number of carbonyl (C=O) groups is 1. The van der Waals surface area contributed by atoms with Crippen LogP contribution < -0.4 is 5.32 Å². The fourth-order valence-electron chi connectivity index (χ4n) is 2.88. The number of halogens is 2. The zero-order chi connectivity index (χ0) is 12.7. The Balaban J connectivity index is 1.78. The maximum absolute atomic E-state index is 12.4. The van der Waals surface area contributed by atoms with Crippen molar-refractivity contribution in [2.75, 3.05) is 26.2 Å². The summed E-state index contributed by atoms with van der Waals surface area (Å²) in [5.41, 5.74) is 0.669. The zero-order valence-corrected chi connectivity index (χ0v) is 12.2. The highest BCUT2D eigenvalue weighted by atomic mass is 79.9. The van der Waals surface area contributed by atoms with Gasteiger partial charge in [0.05, 0.1) is 0 Å². The van der Waals surface area contributed by atoms with Gasteiger partial charge in [-0.2, -0.15) is 0 Å². The van der Waals surface area contributed by atoms with Crippen LogP contribution in [0.25, 0.3) is 0 Å². The molecule has 3 nitrogen and oxygen atoms in total.